The minimum atomic E-state index is -2.89. The minimum absolute atomic E-state index is 0.160. The van der Waals surface area contributed by atoms with E-state index in [0.717, 1.165) is 12.8 Å². The van der Waals surface area contributed by atoms with Crippen LogP contribution in [-0.4, -0.2) is 31.3 Å². The van der Waals surface area contributed by atoms with Crippen LogP contribution < -0.4 is 5.73 Å². The van der Waals surface area contributed by atoms with Gasteiger partial charge in [-0.05, 0) is 26.2 Å². The Morgan fingerprint density at radius 3 is 2.50 bits per heavy atom. The Balaban J connectivity index is 2.10. The van der Waals surface area contributed by atoms with Crippen LogP contribution in [0.25, 0.3) is 0 Å². The molecule has 0 aromatic heterocycles. The fourth-order valence-electron chi connectivity index (χ4n) is 2.71. The second kappa shape index (κ2) is 4.02. The zero-order valence-corrected chi connectivity index (χ0v) is 10.6. The summed E-state index contributed by atoms with van der Waals surface area (Å²) in [6, 6.07) is 0. The summed E-state index contributed by atoms with van der Waals surface area (Å²) in [6.45, 7) is 1.90. The molecule has 1 aliphatic heterocycles. The molecule has 0 bridgehead atoms. The van der Waals surface area contributed by atoms with Gasteiger partial charge in [-0.3, -0.25) is 4.99 Å². The molecular weight excluding hydrogens is 224 g/mol. The topological polar surface area (TPSA) is 72.5 Å². The van der Waals surface area contributed by atoms with Crippen molar-refractivity contribution in [1.82, 2.24) is 0 Å². The lowest BCUT2D eigenvalue weighted by Gasteiger charge is -2.19. The maximum atomic E-state index is 11.4. The highest BCUT2D eigenvalue weighted by Gasteiger charge is 2.38. The van der Waals surface area contributed by atoms with Crippen molar-refractivity contribution >= 4 is 15.7 Å². The Morgan fingerprint density at radius 1 is 1.38 bits per heavy atom. The van der Waals surface area contributed by atoms with Crippen LogP contribution in [0.2, 0.25) is 0 Å². The number of aliphatic imine (C=N–C) groups is 1. The predicted octanol–water partition coefficient (Wildman–Crippen LogP) is 1.11. The summed E-state index contributed by atoms with van der Waals surface area (Å²) in [5, 5.41) is 0. The molecule has 1 saturated heterocycles. The lowest BCUT2D eigenvalue weighted by Crippen LogP contribution is -2.31. The third-order valence-electron chi connectivity index (χ3n) is 3.65. The summed E-state index contributed by atoms with van der Waals surface area (Å²) >= 11 is 0. The third kappa shape index (κ3) is 2.56. The first-order chi connectivity index (χ1) is 7.40. The first kappa shape index (κ1) is 11.9. The Bertz CT molecular complexity index is 396. The third-order valence-corrected chi connectivity index (χ3v) is 5.54. The predicted molar refractivity (Wildman–Crippen MR) is 65.3 cm³/mol. The van der Waals surface area contributed by atoms with E-state index in [1.165, 1.54) is 12.8 Å². The molecule has 0 aromatic carbocycles. The van der Waals surface area contributed by atoms with Gasteiger partial charge in [-0.15, -0.1) is 0 Å². The highest BCUT2D eigenvalue weighted by Crippen LogP contribution is 2.30. The zero-order chi connectivity index (χ0) is 11.8. The summed E-state index contributed by atoms with van der Waals surface area (Å²) in [4.78, 5) is 4.50. The molecule has 92 valence electrons. The van der Waals surface area contributed by atoms with E-state index in [2.05, 4.69) is 4.99 Å². The van der Waals surface area contributed by atoms with Crippen LogP contribution in [0.1, 0.15) is 39.0 Å². The van der Waals surface area contributed by atoms with Gasteiger partial charge in [-0.1, -0.05) is 12.8 Å². The fraction of sp³-hybridized carbons (Fsp3) is 0.909. The average Bonchev–Trinajstić information content (AvgIpc) is 2.73. The van der Waals surface area contributed by atoms with E-state index in [1.807, 2.05) is 6.92 Å². The van der Waals surface area contributed by atoms with Crippen molar-refractivity contribution in [2.24, 2.45) is 16.6 Å². The second-order valence-corrected chi connectivity index (χ2v) is 7.54. The summed E-state index contributed by atoms with van der Waals surface area (Å²) < 4.78 is 22.9. The maximum Gasteiger partial charge on any atom is 0.152 e. The molecule has 0 radical (unpaired) electrons. The summed E-state index contributed by atoms with van der Waals surface area (Å²) in [5.41, 5.74) is 5.52. The Labute approximate surface area is 97.2 Å². The number of rotatable bonds is 2. The van der Waals surface area contributed by atoms with Gasteiger partial charge in [0.2, 0.25) is 0 Å². The highest BCUT2D eigenvalue weighted by molar-refractivity contribution is 7.91. The van der Waals surface area contributed by atoms with Crippen molar-refractivity contribution in [3.05, 3.63) is 0 Å². The first-order valence-corrected chi connectivity index (χ1v) is 7.78. The Hall–Kier alpha value is -0.580. The molecule has 2 fully saturated rings. The van der Waals surface area contributed by atoms with Crippen LogP contribution in [0.3, 0.4) is 0 Å². The van der Waals surface area contributed by atoms with Crippen molar-refractivity contribution in [1.29, 1.82) is 0 Å². The Morgan fingerprint density at radius 2 is 2.00 bits per heavy atom. The molecule has 1 atom stereocenters. The summed E-state index contributed by atoms with van der Waals surface area (Å²) in [6.07, 6.45) is 5.27. The van der Waals surface area contributed by atoms with E-state index < -0.39 is 15.4 Å². The van der Waals surface area contributed by atoms with Gasteiger partial charge in [0.25, 0.3) is 0 Å². The van der Waals surface area contributed by atoms with Crippen LogP contribution in [0.15, 0.2) is 4.99 Å². The van der Waals surface area contributed by atoms with Crippen molar-refractivity contribution in [2.75, 3.05) is 11.5 Å². The van der Waals surface area contributed by atoms with E-state index in [-0.39, 0.29) is 11.5 Å². The van der Waals surface area contributed by atoms with Crippen LogP contribution in [0.4, 0.5) is 0 Å². The number of hydrogen-bond donors (Lipinski definition) is 1. The molecule has 0 spiro atoms. The lowest BCUT2D eigenvalue weighted by molar-refractivity contribution is 0.525. The molecule has 1 unspecified atom stereocenters. The van der Waals surface area contributed by atoms with Gasteiger partial charge in [-0.25, -0.2) is 8.42 Å². The molecule has 2 N–H and O–H groups in total. The molecule has 4 nitrogen and oxygen atoms in total. The standard InChI is InChI=1S/C11H20N2O2S/c1-11(6-7-16(14,15)8-11)13-10(12)9-4-2-3-5-9/h9H,2-8H2,1H3,(H2,12,13). The zero-order valence-electron chi connectivity index (χ0n) is 9.78. The summed E-state index contributed by atoms with van der Waals surface area (Å²) in [5.74, 6) is 1.48. The van der Waals surface area contributed by atoms with Gasteiger partial charge < -0.3 is 5.73 Å². The van der Waals surface area contributed by atoms with Crippen molar-refractivity contribution in [3.63, 3.8) is 0 Å². The van der Waals surface area contributed by atoms with Crippen LogP contribution in [-0.2, 0) is 9.84 Å². The number of amidine groups is 1. The first-order valence-electron chi connectivity index (χ1n) is 5.96. The molecular formula is C11H20N2O2S. The SMILES string of the molecule is CC1(N=C(N)C2CCCC2)CCS(=O)(=O)C1. The van der Waals surface area contributed by atoms with Gasteiger partial charge in [0.15, 0.2) is 9.84 Å². The van der Waals surface area contributed by atoms with Crippen molar-refractivity contribution < 1.29 is 8.42 Å². The van der Waals surface area contributed by atoms with Gasteiger partial charge in [0.1, 0.15) is 0 Å². The number of nitrogens with zero attached hydrogens (tertiary/aromatic N) is 1. The van der Waals surface area contributed by atoms with Crippen LogP contribution >= 0.6 is 0 Å². The van der Waals surface area contributed by atoms with Crippen molar-refractivity contribution in [3.8, 4) is 0 Å². The van der Waals surface area contributed by atoms with E-state index in [9.17, 15) is 8.42 Å². The summed E-state index contributed by atoms with van der Waals surface area (Å²) in [7, 11) is -2.89. The van der Waals surface area contributed by atoms with Crippen molar-refractivity contribution in [2.45, 2.75) is 44.6 Å². The average molecular weight is 244 g/mol. The minimum Gasteiger partial charge on any atom is -0.387 e. The number of sulfone groups is 1. The van der Waals surface area contributed by atoms with Gasteiger partial charge >= 0.3 is 0 Å². The molecule has 0 amide bonds. The smallest absolute Gasteiger partial charge is 0.152 e. The van der Waals surface area contributed by atoms with E-state index in [1.54, 1.807) is 0 Å². The molecule has 2 rings (SSSR count). The maximum absolute atomic E-state index is 11.4. The van der Waals surface area contributed by atoms with E-state index in [0.29, 0.717) is 18.2 Å². The van der Waals surface area contributed by atoms with Crippen LogP contribution in [0.5, 0.6) is 0 Å². The molecule has 0 aromatic rings. The Kier molecular flexibility index (Phi) is 2.99. The molecule has 5 heteroatoms. The van der Waals surface area contributed by atoms with Gasteiger partial charge in [0, 0.05) is 5.92 Å². The van der Waals surface area contributed by atoms with E-state index in [4.69, 9.17) is 5.73 Å². The largest absolute Gasteiger partial charge is 0.387 e. The monoisotopic (exact) mass is 244 g/mol. The number of hydrogen-bond acceptors (Lipinski definition) is 3. The van der Waals surface area contributed by atoms with Gasteiger partial charge in [-0.2, -0.15) is 0 Å². The van der Waals surface area contributed by atoms with Crippen LogP contribution in [0, 0.1) is 5.92 Å². The van der Waals surface area contributed by atoms with Gasteiger partial charge in [0.05, 0.1) is 22.9 Å². The molecule has 16 heavy (non-hydrogen) atoms. The lowest BCUT2D eigenvalue weighted by atomic mass is 10.0. The second-order valence-electron chi connectivity index (χ2n) is 5.36. The normalized spacial score (nSPS) is 35.7. The molecule has 1 saturated carbocycles. The molecule has 1 heterocycles. The molecule has 1 aliphatic carbocycles. The number of nitrogens with two attached hydrogens (primary N) is 1. The van der Waals surface area contributed by atoms with E-state index >= 15 is 0 Å². The quantitative estimate of drug-likeness (QED) is 0.584. The molecule has 2 aliphatic rings. The highest BCUT2D eigenvalue weighted by atomic mass is 32.2. The fourth-order valence-corrected chi connectivity index (χ4v) is 4.76.